The predicted octanol–water partition coefficient (Wildman–Crippen LogP) is 3.27. The van der Waals surface area contributed by atoms with E-state index in [-0.39, 0.29) is 28.9 Å². The molecule has 4 rings (SSSR count). The summed E-state index contributed by atoms with van der Waals surface area (Å²) in [6.07, 6.45) is 5.10. The minimum atomic E-state index is -4.30. The van der Waals surface area contributed by atoms with Crippen LogP contribution in [-0.2, 0) is 17.1 Å². The third-order valence-corrected chi connectivity index (χ3v) is 7.49. The maximum Gasteiger partial charge on any atom is 0.266 e. The number of anilines is 1. The lowest BCUT2D eigenvalue weighted by Crippen LogP contribution is -2.46. The van der Waals surface area contributed by atoms with E-state index in [4.69, 9.17) is 16.3 Å². The first kappa shape index (κ1) is 23.4. The third kappa shape index (κ3) is 4.80. The number of aromatic nitrogens is 4. The first-order chi connectivity index (χ1) is 15.6. The molecule has 0 spiro atoms. The van der Waals surface area contributed by atoms with Gasteiger partial charge in [-0.1, -0.05) is 11.6 Å². The Balaban J connectivity index is 1.65. The highest BCUT2D eigenvalue weighted by Gasteiger charge is 2.44. The van der Waals surface area contributed by atoms with Crippen molar-refractivity contribution in [3.8, 4) is 5.75 Å². The first-order valence-electron chi connectivity index (χ1n) is 10.2. The topological polar surface area (TPSA) is 119 Å². The van der Waals surface area contributed by atoms with Gasteiger partial charge in [0.2, 0.25) is 0 Å². The van der Waals surface area contributed by atoms with Gasteiger partial charge >= 0.3 is 0 Å². The summed E-state index contributed by atoms with van der Waals surface area (Å²) in [5, 5.41) is 14.5. The van der Waals surface area contributed by atoms with Crippen LogP contribution in [0, 0.1) is 5.82 Å². The van der Waals surface area contributed by atoms with Crippen LogP contribution < -0.4 is 9.46 Å². The van der Waals surface area contributed by atoms with Crippen LogP contribution in [0.15, 0.2) is 47.9 Å². The Morgan fingerprint density at radius 2 is 2.09 bits per heavy atom. The molecule has 1 aliphatic rings. The third-order valence-electron chi connectivity index (χ3n) is 5.82. The molecule has 2 heterocycles. The predicted molar refractivity (Wildman–Crippen MR) is 119 cm³/mol. The molecule has 3 atom stereocenters. The minimum Gasteiger partial charge on any atom is -0.485 e. The van der Waals surface area contributed by atoms with Gasteiger partial charge < -0.3 is 9.84 Å². The van der Waals surface area contributed by atoms with Crippen molar-refractivity contribution >= 4 is 27.4 Å². The molecule has 1 aliphatic carbocycles. The van der Waals surface area contributed by atoms with Crippen LogP contribution in [0.4, 0.5) is 10.2 Å². The second-order valence-corrected chi connectivity index (χ2v) is 10.3. The quantitative estimate of drug-likeness (QED) is 0.538. The van der Waals surface area contributed by atoms with Crippen LogP contribution in [0.2, 0.25) is 5.02 Å². The van der Waals surface area contributed by atoms with Crippen molar-refractivity contribution in [1.82, 2.24) is 19.7 Å². The second-order valence-electron chi connectivity index (χ2n) is 8.20. The van der Waals surface area contributed by atoms with Gasteiger partial charge in [0.1, 0.15) is 34.2 Å². The smallest absolute Gasteiger partial charge is 0.266 e. The van der Waals surface area contributed by atoms with Crippen molar-refractivity contribution in [3.63, 3.8) is 0 Å². The summed E-state index contributed by atoms with van der Waals surface area (Å²) in [4.78, 5) is 6.84. The highest BCUT2D eigenvalue weighted by Crippen LogP contribution is 2.45. The normalized spacial score (nSPS) is 23.3. The molecule has 0 unspecified atom stereocenters. The second kappa shape index (κ2) is 8.88. The number of nitrogens with zero attached hydrogens (tertiary/aromatic N) is 4. The van der Waals surface area contributed by atoms with Crippen LogP contribution in [0.5, 0.6) is 5.75 Å². The molecule has 0 amide bonds. The van der Waals surface area contributed by atoms with E-state index in [9.17, 15) is 17.9 Å². The zero-order valence-electron chi connectivity index (χ0n) is 17.9. The zero-order chi connectivity index (χ0) is 23.8. The van der Waals surface area contributed by atoms with Gasteiger partial charge in [-0.05, 0) is 38.0 Å². The Morgan fingerprint density at radius 3 is 2.76 bits per heavy atom. The summed E-state index contributed by atoms with van der Waals surface area (Å²) in [6.45, 7) is 1.82. The molecule has 9 nitrogen and oxygen atoms in total. The van der Waals surface area contributed by atoms with Gasteiger partial charge in [-0.2, -0.15) is 5.10 Å². The molecule has 2 N–H and O–H groups in total. The van der Waals surface area contributed by atoms with Crippen molar-refractivity contribution in [2.75, 3.05) is 4.72 Å². The molecule has 1 fully saturated rings. The average molecular weight is 496 g/mol. The highest BCUT2D eigenvalue weighted by molar-refractivity contribution is 7.92. The molecule has 12 heteroatoms. The van der Waals surface area contributed by atoms with Crippen LogP contribution in [0.25, 0.3) is 0 Å². The van der Waals surface area contributed by atoms with Gasteiger partial charge in [-0.15, -0.1) is 0 Å². The van der Waals surface area contributed by atoms with E-state index in [0.29, 0.717) is 12.8 Å². The number of aliphatic hydroxyl groups is 1. The van der Waals surface area contributed by atoms with E-state index in [0.717, 1.165) is 24.2 Å². The first-order valence-corrected chi connectivity index (χ1v) is 12.1. The minimum absolute atomic E-state index is 0.0106. The fourth-order valence-electron chi connectivity index (χ4n) is 4.27. The van der Waals surface area contributed by atoms with Crippen LogP contribution in [0.3, 0.4) is 0 Å². The molecule has 2 aromatic heterocycles. The molecule has 0 radical (unpaired) electrons. The van der Waals surface area contributed by atoms with E-state index in [1.165, 1.54) is 12.3 Å². The van der Waals surface area contributed by atoms with Crippen molar-refractivity contribution in [3.05, 3.63) is 59.5 Å². The maximum atomic E-state index is 15.0. The number of aliphatic hydroxyl groups excluding tert-OH is 1. The van der Waals surface area contributed by atoms with Gasteiger partial charge in [-0.3, -0.25) is 9.40 Å². The van der Waals surface area contributed by atoms with E-state index in [1.807, 2.05) is 20.0 Å². The molecule has 33 heavy (non-hydrogen) atoms. The van der Waals surface area contributed by atoms with E-state index >= 15 is 0 Å². The number of aryl methyl sites for hydroxylation is 1. The Labute approximate surface area is 195 Å². The van der Waals surface area contributed by atoms with E-state index in [1.54, 1.807) is 10.9 Å². The Kier molecular flexibility index (Phi) is 6.30. The molecule has 3 aromatic rings. The summed E-state index contributed by atoms with van der Waals surface area (Å²) in [5.74, 6) is -1.20. The monoisotopic (exact) mass is 495 g/mol. The summed E-state index contributed by atoms with van der Waals surface area (Å²) < 4.78 is 50.4. The van der Waals surface area contributed by atoms with Crippen molar-refractivity contribution in [2.24, 2.45) is 7.05 Å². The standard InChI is InChI=1S/C21H23ClFN5O4S/c1-21(11-13(29)3-4-14(21)17-5-8-26-28(17)2)32-18-10-16(23)19(9-15(18)22)33(30,31)27-20-6-7-24-12-25-20/h5-10,12-14,29H,3-4,11H2,1-2H3,(H,24,25,27)/t13-,14-,21+/m1/s1. The molecule has 1 aromatic carbocycles. The SMILES string of the molecule is Cn1nccc1[C@H]1CC[C@@H](O)C[C@]1(C)Oc1cc(F)c(S(=O)(=O)Nc2ccncn2)cc1Cl. The molecular weight excluding hydrogens is 473 g/mol. The number of benzene rings is 1. The van der Waals surface area contributed by atoms with Gasteiger partial charge in [0.15, 0.2) is 0 Å². The summed E-state index contributed by atoms with van der Waals surface area (Å²) in [5.41, 5.74) is -0.0181. The fraction of sp³-hybridized carbons (Fsp3) is 0.381. The molecule has 0 saturated heterocycles. The molecule has 176 valence electrons. The van der Waals surface area contributed by atoms with Gasteiger partial charge in [0.25, 0.3) is 10.0 Å². The largest absolute Gasteiger partial charge is 0.485 e. The molecule has 0 bridgehead atoms. The van der Waals surface area contributed by atoms with Gasteiger partial charge in [0, 0.05) is 43.5 Å². The van der Waals surface area contributed by atoms with E-state index in [2.05, 4.69) is 19.8 Å². The maximum absolute atomic E-state index is 15.0. The number of hydrogen-bond donors (Lipinski definition) is 2. The summed E-state index contributed by atoms with van der Waals surface area (Å²) >= 11 is 6.34. The number of ether oxygens (including phenoxy) is 1. The summed E-state index contributed by atoms with van der Waals surface area (Å²) in [7, 11) is -2.48. The van der Waals surface area contributed by atoms with Crippen molar-refractivity contribution in [1.29, 1.82) is 0 Å². The molecule has 1 saturated carbocycles. The average Bonchev–Trinajstić information content (AvgIpc) is 3.16. The Bertz CT molecular complexity index is 1260. The fourth-order valence-corrected chi connectivity index (χ4v) is 5.63. The lowest BCUT2D eigenvalue weighted by molar-refractivity contribution is -0.0319. The number of nitrogens with one attached hydrogen (secondary N) is 1. The molecule has 0 aliphatic heterocycles. The van der Waals surface area contributed by atoms with E-state index < -0.39 is 32.4 Å². The lowest BCUT2D eigenvalue weighted by Gasteiger charge is -2.43. The van der Waals surface area contributed by atoms with Crippen molar-refractivity contribution < 1.29 is 22.7 Å². The van der Waals surface area contributed by atoms with Crippen molar-refractivity contribution in [2.45, 2.75) is 48.7 Å². The number of sulfonamides is 1. The van der Waals surface area contributed by atoms with Crippen LogP contribution in [0.1, 0.15) is 37.8 Å². The lowest BCUT2D eigenvalue weighted by atomic mass is 9.73. The number of hydrogen-bond acceptors (Lipinski definition) is 7. The van der Waals surface area contributed by atoms with Gasteiger partial charge in [0.05, 0.1) is 11.1 Å². The van der Waals surface area contributed by atoms with Crippen LogP contribution >= 0.6 is 11.6 Å². The number of rotatable bonds is 6. The Hall–Kier alpha value is -2.76. The highest BCUT2D eigenvalue weighted by atomic mass is 35.5. The number of halogens is 2. The summed E-state index contributed by atoms with van der Waals surface area (Å²) in [6, 6.07) is 5.16. The van der Waals surface area contributed by atoms with Gasteiger partial charge in [-0.25, -0.2) is 22.8 Å². The zero-order valence-corrected chi connectivity index (χ0v) is 19.5. The Morgan fingerprint density at radius 1 is 1.30 bits per heavy atom. The van der Waals surface area contributed by atoms with Crippen LogP contribution in [-0.4, -0.2) is 45.0 Å². The molecular formula is C21H23ClFN5O4S.